The topological polar surface area (TPSA) is 63.6 Å². The third-order valence-corrected chi connectivity index (χ3v) is 4.11. The molecule has 4 heteroatoms. The Balaban J connectivity index is 4.49. The van der Waals surface area contributed by atoms with Crippen molar-refractivity contribution in [2.45, 2.75) is 91.4 Å². The average Bonchev–Trinajstić information content (AvgIpc) is 2.54. The van der Waals surface area contributed by atoms with Crippen molar-refractivity contribution in [3.63, 3.8) is 0 Å². The molecular formula is C20H36O4. The van der Waals surface area contributed by atoms with Crippen molar-refractivity contribution in [3.8, 4) is 0 Å². The van der Waals surface area contributed by atoms with Crippen LogP contribution < -0.4 is 0 Å². The molecule has 0 aliphatic carbocycles. The second kappa shape index (κ2) is 15.2. The zero-order valence-electron chi connectivity index (χ0n) is 15.8. The fourth-order valence-electron chi connectivity index (χ4n) is 2.65. The van der Waals surface area contributed by atoms with Crippen LogP contribution in [0, 0.1) is 5.92 Å². The molecule has 1 unspecified atom stereocenters. The monoisotopic (exact) mass is 340 g/mol. The van der Waals surface area contributed by atoms with Crippen LogP contribution in [-0.2, 0) is 14.3 Å². The molecule has 0 aliphatic heterocycles. The largest absolute Gasteiger partial charge is 0.511 e. The summed E-state index contributed by atoms with van der Waals surface area (Å²) in [5.41, 5.74) is 0. The summed E-state index contributed by atoms with van der Waals surface area (Å²) in [4.78, 5) is 24.0. The van der Waals surface area contributed by atoms with Gasteiger partial charge < -0.3 is 9.84 Å². The second-order valence-electron chi connectivity index (χ2n) is 6.35. The Morgan fingerprint density at radius 1 is 0.917 bits per heavy atom. The summed E-state index contributed by atoms with van der Waals surface area (Å²) in [6.07, 6.45) is 11.7. The number of rotatable bonds is 15. The molecule has 0 rings (SSSR count). The number of aliphatic hydroxyl groups excluding tert-OH is 1. The highest BCUT2D eigenvalue weighted by Gasteiger charge is 2.24. The molecule has 0 bridgehead atoms. The van der Waals surface area contributed by atoms with E-state index in [9.17, 15) is 14.7 Å². The molecule has 0 aromatic rings. The number of carbonyl (C=O) groups is 2. The van der Waals surface area contributed by atoms with E-state index < -0.39 is 11.9 Å². The normalized spacial score (nSPS) is 12.9. The van der Waals surface area contributed by atoms with Crippen molar-refractivity contribution >= 4 is 11.8 Å². The molecule has 0 saturated heterocycles. The second-order valence-corrected chi connectivity index (χ2v) is 6.35. The molecule has 4 nitrogen and oxygen atoms in total. The summed E-state index contributed by atoms with van der Waals surface area (Å²) in [5, 5.41) is 10.2. The zero-order valence-corrected chi connectivity index (χ0v) is 15.8. The van der Waals surface area contributed by atoms with Gasteiger partial charge in [0, 0.05) is 12.5 Å². The molecule has 24 heavy (non-hydrogen) atoms. The van der Waals surface area contributed by atoms with Gasteiger partial charge in [-0.2, -0.15) is 0 Å². The smallest absolute Gasteiger partial charge is 0.316 e. The van der Waals surface area contributed by atoms with Gasteiger partial charge in [-0.3, -0.25) is 9.59 Å². The Morgan fingerprint density at radius 2 is 1.50 bits per heavy atom. The van der Waals surface area contributed by atoms with Gasteiger partial charge in [-0.05, 0) is 19.8 Å². The third kappa shape index (κ3) is 11.3. The molecule has 0 aliphatic rings. The molecule has 1 N–H and O–H groups in total. The van der Waals surface area contributed by atoms with E-state index in [-0.39, 0.29) is 18.1 Å². The van der Waals surface area contributed by atoms with E-state index in [1.807, 2.05) is 0 Å². The van der Waals surface area contributed by atoms with Crippen LogP contribution in [0.1, 0.15) is 91.4 Å². The minimum atomic E-state index is -0.703. The van der Waals surface area contributed by atoms with E-state index in [1.165, 1.54) is 18.9 Å². The summed E-state index contributed by atoms with van der Waals surface area (Å²) in [7, 11) is 0. The Labute approximate surface area is 147 Å². The highest BCUT2D eigenvalue weighted by Crippen LogP contribution is 2.20. The maximum Gasteiger partial charge on any atom is 0.316 e. The summed E-state index contributed by atoms with van der Waals surface area (Å²) in [6.45, 7) is 6.30. The van der Waals surface area contributed by atoms with Crippen molar-refractivity contribution in [2.24, 2.45) is 5.92 Å². The lowest BCUT2D eigenvalue weighted by molar-refractivity contribution is -0.147. The van der Waals surface area contributed by atoms with Gasteiger partial charge >= 0.3 is 5.97 Å². The van der Waals surface area contributed by atoms with Crippen LogP contribution in [0.25, 0.3) is 0 Å². The molecular weight excluding hydrogens is 304 g/mol. The molecule has 0 amide bonds. The van der Waals surface area contributed by atoms with Crippen LogP contribution in [0.15, 0.2) is 11.8 Å². The van der Waals surface area contributed by atoms with E-state index in [0.29, 0.717) is 12.8 Å². The summed E-state index contributed by atoms with van der Waals surface area (Å²) < 4.78 is 5.04. The first-order valence-electron chi connectivity index (χ1n) is 9.66. The van der Waals surface area contributed by atoms with Crippen LogP contribution in [-0.4, -0.2) is 23.5 Å². The van der Waals surface area contributed by atoms with E-state index in [1.54, 1.807) is 6.92 Å². The zero-order chi connectivity index (χ0) is 18.2. The van der Waals surface area contributed by atoms with Gasteiger partial charge in [-0.1, -0.05) is 65.2 Å². The number of hydrogen-bond donors (Lipinski definition) is 1. The fourth-order valence-corrected chi connectivity index (χ4v) is 2.65. The molecule has 140 valence electrons. The molecule has 1 atom stereocenters. The Morgan fingerprint density at radius 3 is 2.08 bits per heavy atom. The van der Waals surface area contributed by atoms with Crippen LogP contribution in [0.4, 0.5) is 0 Å². The van der Waals surface area contributed by atoms with Gasteiger partial charge in [-0.25, -0.2) is 0 Å². The maximum absolute atomic E-state index is 12.0. The summed E-state index contributed by atoms with van der Waals surface area (Å²) in [6, 6.07) is 0. The Hall–Kier alpha value is -1.32. The quantitative estimate of drug-likeness (QED) is 0.185. The number of ketones is 1. The fraction of sp³-hybridized carbons (Fsp3) is 0.800. The van der Waals surface area contributed by atoms with Gasteiger partial charge in [0.1, 0.15) is 11.7 Å². The van der Waals surface area contributed by atoms with Gasteiger partial charge in [0.05, 0.1) is 6.61 Å². The lowest BCUT2D eigenvalue weighted by Crippen LogP contribution is -2.20. The molecule has 0 saturated carbocycles. The van der Waals surface area contributed by atoms with Crippen molar-refractivity contribution in [2.75, 3.05) is 6.61 Å². The van der Waals surface area contributed by atoms with Gasteiger partial charge in [0.15, 0.2) is 5.78 Å². The number of allylic oxidation sites excluding steroid dienone is 1. The van der Waals surface area contributed by atoms with Gasteiger partial charge in [0.25, 0.3) is 0 Å². The Bertz CT molecular complexity index is 374. The first kappa shape index (κ1) is 22.7. The Kier molecular flexibility index (Phi) is 14.4. The first-order valence-corrected chi connectivity index (χ1v) is 9.66. The molecule has 0 radical (unpaired) electrons. The van der Waals surface area contributed by atoms with E-state index in [2.05, 4.69) is 13.8 Å². The van der Waals surface area contributed by atoms with Crippen molar-refractivity contribution in [3.05, 3.63) is 11.8 Å². The predicted octanol–water partition coefficient (Wildman–Crippen LogP) is 5.51. The number of carbonyl (C=O) groups excluding carboxylic acids is 2. The van der Waals surface area contributed by atoms with Crippen LogP contribution in [0.5, 0.6) is 0 Å². The van der Waals surface area contributed by atoms with Crippen molar-refractivity contribution < 1.29 is 19.4 Å². The van der Waals surface area contributed by atoms with Crippen molar-refractivity contribution in [1.29, 1.82) is 0 Å². The predicted molar refractivity (Wildman–Crippen MR) is 98.0 cm³/mol. The lowest BCUT2D eigenvalue weighted by Gasteiger charge is -2.15. The number of esters is 1. The van der Waals surface area contributed by atoms with E-state index in [4.69, 9.17) is 4.74 Å². The number of aliphatic hydroxyl groups is 1. The standard InChI is InChI=1S/C20H36O4/c1-4-7-9-11-12-14-17(21)16-19(22)18(20(23)24-6-3)15-13-10-8-5-2/h16,18,22H,4-15H2,1-3H3. The van der Waals surface area contributed by atoms with Crippen molar-refractivity contribution in [1.82, 2.24) is 0 Å². The molecule has 0 aromatic carbocycles. The van der Waals surface area contributed by atoms with Crippen LogP contribution in [0.2, 0.25) is 0 Å². The molecule has 0 fully saturated rings. The van der Waals surface area contributed by atoms with Gasteiger partial charge in [0.2, 0.25) is 0 Å². The summed E-state index contributed by atoms with van der Waals surface area (Å²) >= 11 is 0. The average molecular weight is 341 g/mol. The molecule has 0 spiro atoms. The van der Waals surface area contributed by atoms with E-state index in [0.717, 1.165) is 44.9 Å². The molecule has 0 heterocycles. The minimum Gasteiger partial charge on any atom is -0.511 e. The highest BCUT2D eigenvalue weighted by molar-refractivity contribution is 5.91. The van der Waals surface area contributed by atoms with E-state index >= 15 is 0 Å². The highest BCUT2D eigenvalue weighted by atomic mass is 16.5. The van der Waals surface area contributed by atoms with Gasteiger partial charge in [-0.15, -0.1) is 0 Å². The molecule has 0 aromatic heterocycles. The third-order valence-electron chi connectivity index (χ3n) is 4.11. The van der Waals surface area contributed by atoms with Crippen LogP contribution in [0.3, 0.4) is 0 Å². The SMILES string of the molecule is CCCCCCCC(=O)C=C(O)C(CCCCCC)C(=O)OCC. The van der Waals surface area contributed by atoms with Crippen LogP contribution >= 0.6 is 0 Å². The number of hydrogen-bond acceptors (Lipinski definition) is 4. The lowest BCUT2D eigenvalue weighted by atomic mass is 9.97. The minimum absolute atomic E-state index is 0.105. The number of unbranched alkanes of at least 4 members (excludes halogenated alkanes) is 7. The maximum atomic E-state index is 12.0. The number of ether oxygens (including phenoxy) is 1. The first-order chi connectivity index (χ1) is 11.6. The summed E-state index contributed by atoms with van der Waals surface area (Å²) in [5.74, 6) is -1.38.